The summed E-state index contributed by atoms with van der Waals surface area (Å²) in [7, 11) is 0. The van der Waals surface area contributed by atoms with Crippen molar-refractivity contribution in [2.75, 3.05) is 23.3 Å². The van der Waals surface area contributed by atoms with Crippen molar-refractivity contribution >= 4 is 11.6 Å². The molecule has 0 radical (unpaired) electrons. The van der Waals surface area contributed by atoms with Crippen molar-refractivity contribution < 1.29 is 4.42 Å². The number of hydrogen-bond donors (Lipinski definition) is 1. The molecule has 0 bridgehead atoms. The van der Waals surface area contributed by atoms with E-state index in [9.17, 15) is 5.26 Å². The molecule has 0 amide bonds. The number of furan rings is 1. The summed E-state index contributed by atoms with van der Waals surface area (Å²) in [5.41, 5.74) is 1.64. The molecule has 0 aliphatic carbocycles. The first-order valence-corrected chi connectivity index (χ1v) is 7.21. The number of rotatable bonds is 4. The van der Waals surface area contributed by atoms with Crippen LogP contribution in [-0.4, -0.2) is 18.1 Å². The van der Waals surface area contributed by atoms with Crippen LogP contribution >= 0.6 is 0 Å². The van der Waals surface area contributed by atoms with E-state index in [1.807, 2.05) is 25.1 Å². The first-order valence-electron chi connectivity index (χ1n) is 7.21. The van der Waals surface area contributed by atoms with Gasteiger partial charge in [0.25, 0.3) is 0 Å². The molecular weight excluding hydrogens is 264 g/mol. The quantitative estimate of drug-likeness (QED) is 0.933. The topological polar surface area (TPSA) is 65.1 Å². The Morgan fingerprint density at radius 1 is 1.43 bits per heavy atom. The van der Waals surface area contributed by atoms with Gasteiger partial charge in [0.1, 0.15) is 23.5 Å². The van der Waals surface area contributed by atoms with E-state index in [0.29, 0.717) is 12.1 Å². The van der Waals surface area contributed by atoms with Crippen molar-refractivity contribution in [3.8, 4) is 6.07 Å². The lowest BCUT2D eigenvalue weighted by molar-refractivity contribution is 0.518. The van der Waals surface area contributed by atoms with Crippen molar-refractivity contribution in [3.05, 3.63) is 41.3 Å². The molecule has 2 aromatic rings. The van der Waals surface area contributed by atoms with Crippen LogP contribution in [0.2, 0.25) is 0 Å². The molecule has 3 heterocycles. The van der Waals surface area contributed by atoms with Gasteiger partial charge in [-0.2, -0.15) is 5.26 Å². The van der Waals surface area contributed by atoms with E-state index in [4.69, 9.17) is 4.42 Å². The average molecular weight is 282 g/mol. The number of aromatic nitrogens is 1. The molecule has 1 aliphatic rings. The zero-order valence-corrected chi connectivity index (χ0v) is 12.1. The van der Waals surface area contributed by atoms with Crippen LogP contribution in [0.5, 0.6) is 0 Å². The lowest BCUT2D eigenvalue weighted by atomic mass is 10.1. The number of anilines is 2. The highest BCUT2D eigenvalue weighted by atomic mass is 16.3. The van der Waals surface area contributed by atoms with Crippen LogP contribution in [-0.2, 0) is 6.54 Å². The lowest BCUT2D eigenvalue weighted by Gasteiger charge is -2.20. The fourth-order valence-corrected chi connectivity index (χ4v) is 2.63. The van der Waals surface area contributed by atoms with Crippen molar-refractivity contribution in [1.29, 1.82) is 5.26 Å². The number of nitrogens with zero attached hydrogens (tertiary/aromatic N) is 3. The van der Waals surface area contributed by atoms with E-state index in [0.717, 1.165) is 48.9 Å². The van der Waals surface area contributed by atoms with Crippen molar-refractivity contribution in [3.63, 3.8) is 0 Å². The van der Waals surface area contributed by atoms with Crippen LogP contribution in [0.1, 0.15) is 29.7 Å². The fraction of sp³-hybridized carbons (Fsp3) is 0.375. The minimum Gasteiger partial charge on any atom is -0.467 e. The fourth-order valence-electron chi connectivity index (χ4n) is 2.63. The first-order chi connectivity index (χ1) is 10.3. The second kappa shape index (κ2) is 5.88. The zero-order valence-electron chi connectivity index (χ0n) is 12.1. The summed E-state index contributed by atoms with van der Waals surface area (Å²) in [5.74, 6) is 2.45. The first kappa shape index (κ1) is 13.5. The Kier molecular flexibility index (Phi) is 3.78. The lowest BCUT2D eigenvalue weighted by Crippen LogP contribution is -2.21. The second-order valence-corrected chi connectivity index (χ2v) is 5.26. The van der Waals surface area contributed by atoms with E-state index in [1.165, 1.54) is 0 Å². The highest BCUT2D eigenvalue weighted by Gasteiger charge is 2.19. The smallest absolute Gasteiger partial charge is 0.149 e. The van der Waals surface area contributed by atoms with E-state index in [1.54, 1.807) is 6.26 Å². The van der Waals surface area contributed by atoms with Crippen LogP contribution < -0.4 is 10.2 Å². The van der Waals surface area contributed by atoms with Gasteiger partial charge in [-0.05, 0) is 43.5 Å². The maximum Gasteiger partial charge on any atom is 0.149 e. The summed E-state index contributed by atoms with van der Waals surface area (Å²) in [4.78, 5) is 6.83. The number of pyridine rings is 1. The van der Waals surface area contributed by atoms with Gasteiger partial charge in [0.05, 0.1) is 18.4 Å². The minimum atomic E-state index is 0.588. The minimum absolute atomic E-state index is 0.588. The van der Waals surface area contributed by atoms with Gasteiger partial charge in [-0.25, -0.2) is 4.98 Å². The molecule has 0 atom stereocenters. The monoisotopic (exact) mass is 282 g/mol. The summed E-state index contributed by atoms with van der Waals surface area (Å²) < 4.78 is 5.31. The van der Waals surface area contributed by atoms with Gasteiger partial charge in [-0.3, -0.25) is 0 Å². The van der Waals surface area contributed by atoms with Crippen LogP contribution in [0.3, 0.4) is 0 Å². The molecular formula is C16H18N4O. The molecule has 0 spiro atoms. The molecule has 1 fully saturated rings. The molecule has 21 heavy (non-hydrogen) atoms. The Morgan fingerprint density at radius 2 is 2.24 bits per heavy atom. The Balaban J connectivity index is 1.86. The van der Waals surface area contributed by atoms with Crippen molar-refractivity contribution in [2.24, 2.45) is 0 Å². The summed E-state index contributed by atoms with van der Waals surface area (Å²) in [6, 6.07) is 7.99. The largest absolute Gasteiger partial charge is 0.467 e. The SMILES string of the molecule is Cc1cc(NCc2ccco2)nc(N2CCCC2)c1C#N. The van der Waals surface area contributed by atoms with Crippen LogP contribution in [0.15, 0.2) is 28.9 Å². The average Bonchev–Trinajstić information content (AvgIpc) is 3.17. The molecule has 108 valence electrons. The van der Waals surface area contributed by atoms with Gasteiger partial charge >= 0.3 is 0 Å². The van der Waals surface area contributed by atoms with Crippen molar-refractivity contribution in [1.82, 2.24) is 4.98 Å². The zero-order chi connectivity index (χ0) is 14.7. The van der Waals surface area contributed by atoms with Crippen molar-refractivity contribution in [2.45, 2.75) is 26.3 Å². The standard InChI is InChI=1S/C16H18N4O/c1-12-9-15(18-11-13-5-4-8-21-13)19-16(14(12)10-17)20-6-2-3-7-20/h4-5,8-9H,2-3,6-7,11H2,1H3,(H,18,19). The van der Waals surface area contributed by atoms with E-state index in [2.05, 4.69) is 21.3 Å². The maximum atomic E-state index is 9.38. The summed E-state index contributed by atoms with van der Waals surface area (Å²) in [5, 5.41) is 12.6. The summed E-state index contributed by atoms with van der Waals surface area (Å²) in [6.45, 7) is 4.49. The third-order valence-corrected chi connectivity index (χ3v) is 3.74. The van der Waals surface area contributed by atoms with Gasteiger partial charge in [0, 0.05) is 13.1 Å². The molecule has 0 saturated carbocycles. The molecule has 5 heteroatoms. The second-order valence-electron chi connectivity index (χ2n) is 5.26. The third kappa shape index (κ3) is 2.84. The number of nitriles is 1. The molecule has 5 nitrogen and oxygen atoms in total. The molecule has 2 aromatic heterocycles. The molecule has 3 rings (SSSR count). The molecule has 0 unspecified atom stereocenters. The Bertz CT molecular complexity index is 652. The summed E-state index contributed by atoms with van der Waals surface area (Å²) >= 11 is 0. The Morgan fingerprint density at radius 3 is 2.90 bits per heavy atom. The van der Waals surface area contributed by atoms with E-state index in [-0.39, 0.29) is 0 Å². The normalized spacial score (nSPS) is 14.2. The van der Waals surface area contributed by atoms with Gasteiger partial charge in [-0.1, -0.05) is 0 Å². The predicted octanol–water partition coefficient (Wildman–Crippen LogP) is 3.07. The number of aryl methyl sites for hydroxylation is 1. The van der Waals surface area contributed by atoms with Gasteiger partial charge < -0.3 is 14.6 Å². The Labute approximate surface area is 124 Å². The predicted molar refractivity (Wildman–Crippen MR) is 81.2 cm³/mol. The molecule has 1 aliphatic heterocycles. The Hall–Kier alpha value is -2.48. The van der Waals surface area contributed by atoms with Gasteiger partial charge in [0.15, 0.2) is 0 Å². The van der Waals surface area contributed by atoms with E-state index >= 15 is 0 Å². The van der Waals surface area contributed by atoms with Gasteiger partial charge in [0.2, 0.25) is 0 Å². The van der Waals surface area contributed by atoms with Crippen LogP contribution in [0, 0.1) is 18.3 Å². The van der Waals surface area contributed by atoms with Gasteiger partial charge in [-0.15, -0.1) is 0 Å². The summed E-state index contributed by atoms with van der Waals surface area (Å²) in [6.07, 6.45) is 3.98. The third-order valence-electron chi connectivity index (χ3n) is 3.74. The molecule has 0 aromatic carbocycles. The highest BCUT2D eigenvalue weighted by Crippen LogP contribution is 2.27. The number of hydrogen-bond acceptors (Lipinski definition) is 5. The van der Waals surface area contributed by atoms with Crippen LogP contribution in [0.4, 0.5) is 11.6 Å². The highest BCUT2D eigenvalue weighted by molar-refractivity contribution is 5.62. The number of nitrogens with one attached hydrogen (secondary N) is 1. The van der Waals surface area contributed by atoms with E-state index < -0.39 is 0 Å². The maximum absolute atomic E-state index is 9.38. The molecule has 1 saturated heterocycles. The van der Waals surface area contributed by atoms with Crippen LogP contribution in [0.25, 0.3) is 0 Å². The molecule has 1 N–H and O–H groups in total.